The molecule has 1 N–H and O–H groups in total. The van der Waals surface area contributed by atoms with Gasteiger partial charge < -0.3 is 10.1 Å². The summed E-state index contributed by atoms with van der Waals surface area (Å²) in [5.74, 6) is 0.335. The van der Waals surface area contributed by atoms with E-state index < -0.39 is 0 Å². The highest BCUT2D eigenvalue weighted by Crippen LogP contribution is 2.28. The number of aromatic nitrogens is 2. The summed E-state index contributed by atoms with van der Waals surface area (Å²) in [7, 11) is 1.37. The predicted octanol–water partition coefficient (Wildman–Crippen LogP) is 4.29. The van der Waals surface area contributed by atoms with E-state index in [1.54, 1.807) is 18.2 Å². The van der Waals surface area contributed by atoms with Gasteiger partial charge in [0.15, 0.2) is 5.82 Å². The minimum absolute atomic E-state index is 0.262. The molecule has 0 aliphatic rings. The highest BCUT2D eigenvalue weighted by Gasteiger charge is 2.14. The van der Waals surface area contributed by atoms with Gasteiger partial charge in [0, 0.05) is 11.6 Å². The molecule has 0 saturated heterocycles. The molecule has 3 aromatic rings. The Balaban J connectivity index is 2.16. The minimum atomic E-state index is -0.382. The van der Waals surface area contributed by atoms with Gasteiger partial charge in [0.2, 0.25) is 0 Å². The number of hydrogen-bond acceptors (Lipinski definition) is 5. The summed E-state index contributed by atoms with van der Waals surface area (Å²) in [6, 6.07) is 15.4. The topological polar surface area (TPSA) is 64.1 Å². The lowest BCUT2D eigenvalue weighted by Crippen LogP contribution is -2.16. The molecule has 0 saturated carbocycles. The second-order valence-corrected chi connectivity index (χ2v) is 5.94. The number of ether oxygens (including phenoxy) is 1. The molecule has 0 bridgehead atoms. The summed E-state index contributed by atoms with van der Waals surface area (Å²) in [6.45, 7) is 4.22. The van der Waals surface area contributed by atoms with Crippen LogP contribution in [-0.4, -0.2) is 29.1 Å². The zero-order chi connectivity index (χ0) is 17.8. The second-order valence-electron chi connectivity index (χ2n) is 5.94. The molecule has 0 unspecified atom stereocenters. The third-order valence-electron chi connectivity index (χ3n) is 4.13. The molecular weight excluding hydrogens is 314 g/mol. The summed E-state index contributed by atoms with van der Waals surface area (Å²) in [4.78, 5) is 21.3. The van der Waals surface area contributed by atoms with Crippen molar-refractivity contribution in [3.8, 4) is 11.3 Å². The zero-order valence-electron chi connectivity index (χ0n) is 14.6. The van der Waals surface area contributed by atoms with Crippen molar-refractivity contribution in [2.75, 3.05) is 12.4 Å². The van der Waals surface area contributed by atoms with Gasteiger partial charge in [0.1, 0.15) is 5.69 Å². The number of fused-ring (bicyclic) bond motifs is 1. The van der Waals surface area contributed by atoms with Gasteiger partial charge >= 0.3 is 5.97 Å². The van der Waals surface area contributed by atoms with E-state index in [2.05, 4.69) is 19.2 Å². The first-order chi connectivity index (χ1) is 12.1. The van der Waals surface area contributed by atoms with E-state index >= 15 is 0 Å². The number of nitrogens with zero attached hydrogens (tertiary/aromatic N) is 2. The summed E-state index contributed by atoms with van der Waals surface area (Å²) in [5.41, 5.74) is 3.67. The molecule has 0 fully saturated rings. The van der Waals surface area contributed by atoms with Crippen molar-refractivity contribution in [1.29, 1.82) is 0 Å². The van der Waals surface area contributed by atoms with Crippen LogP contribution < -0.4 is 5.32 Å². The molecule has 0 spiro atoms. The van der Waals surface area contributed by atoms with Gasteiger partial charge in [-0.05, 0) is 31.5 Å². The van der Waals surface area contributed by atoms with Crippen molar-refractivity contribution in [2.24, 2.45) is 0 Å². The molecule has 1 heterocycles. The fourth-order valence-corrected chi connectivity index (χ4v) is 2.53. The zero-order valence-corrected chi connectivity index (χ0v) is 14.6. The van der Waals surface area contributed by atoms with Crippen molar-refractivity contribution in [2.45, 2.75) is 26.3 Å². The molecule has 2 aromatic carbocycles. The summed E-state index contributed by atoms with van der Waals surface area (Å²) in [6.07, 6.45) is 0.968. The Bertz CT molecular complexity index is 894. The molecular formula is C20H21N3O2. The number of anilines is 1. The molecule has 0 amide bonds. The van der Waals surface area contributed by atoms with E-state index in [0.717, 1.165) is 29.0 Å². The van der Waals surface area contributed by atoms with Crippen LogP contribution in [0, 0.1) is 0 Å². The Hall–Kier alpha value is -2.95. The number of hydrogen-bond donors (Lipinski definition) is 1. The van der Waals surface area contributed by atoms with Crippen molar-refractivity contribution in [1.82, 2.24) is 9.97 Å². The maximum absolute atomic E-state index is 11.8. The first kappa shape index (κ1) is 16.9. The van der Waals surface area contributed by atoms with Gasteiger partial charge in [-0.15, -0.1) is 0 Å². The second kappa shape index (κ2) is 7.30. The Morgan fingerprint density at radius 1 is 1.12 bits per heavy atom. The fourth-order valence-electron chi connectivity index (χ4n) is 2.53. The van der Waals surface area contributed by atoms with Crippen LogP contribution in [0.5, 0.6) is 0 Å². The molecule has 0 aliphatic heterocycles. The van der Waals surface area contributed by atoms with Crippen molar-refractivity contribution >= 4 is 22.8 Å². The number of esters is 1. The number of methoxy groups -OCH3 is 1. The van der Waals surface area contributed by atoms with Crippen molar-refractivity contribution in [3.63, 3.8) is 0 Å². The number of carbonyl (C=O) groups excluding carboxylic acids is 1. The van der Waals surface area contributed by atoms with Gasteiger partial charge in [-0.3, -0.25) is 0 Å². The lowest BCUT2D eigenvalue weighted by molar-refractivity contribution is 0.0601. The van der Waals surface area contributed by atoms with Gasteiger partial charge in [0.05, 0.1) is 23.7 Å². The average Bonchev–Trinajstić information content (AvgIpc) is 2.66. The van der Waals surface area contributed by atoms with Crippen LogP contribution in [0.25, 0.3) is 22.3 Å². The number of rotatable bonds is 5. The Morgan fingerprint density at radius 2 is 1.88 bits per heavy atom. The number of nitrogens with one attached hydrogen (secondary N) is 1. The van der Waals surface area contributed by atoms with Gasteiger partial charge in [0.25, 0.3) is 0 Å². The maximum atomic E-state index is 11.8. The molecule has 3 rings (SSSR count). The Kier molecular flexibility index (Phi) is 4.93. The first-order valence-electron chi connectivity index (χ1n) is 8.34. The quantitative estimate of drug-likeness (QED) is 0.705. The first-order valence-corrected chi connectivity index (χ1v) is 8.34. The third-order valence-corrected chi connectivity index (χ3v) is 4.13. The van der Waals surface area contributed by atoms with Crippen molar-refractivity contribution < 1.29 is 9.53 Å². The number of carbonyl (C=O) groups is 1. The maximum Gasteiger partial charge on any atom is 0.337 e. The third kappa shape index (κ3) is 3.60. The van der Waals surface area contributed by atoms with Gasteiger partial charge in [-0.25, -0.2) is 14.8 Å². The predicted molar refractivity (Wildman–Crippen MR) is 99.7 cm³/mol. The molecule has 1 atom stereocenters. The van der Waals surface area contributed by atoms with E-state index in [4.69, 9.17) is 14.7 Å². The molecule has 0 radical (unpaired) electrons. The minimum Gasteiger partial charge on any atom is -0.465 e. The number of benzene rings is 2. The highest BCUT2D eigenvalue weighted by molar-refractivity contribution is 5.94. The molecule has 1 aromatic heterocycles. The van der Waals surface area contributed by atoms with E-state index in [0.29, 0.717) is 11.1 Å². The standard InChI is InChI=1S/C20H21N3O2/c1-4-13(2)21-19-18(14-8-6-5-7-9-14)22-16-11-10-15(20(24)25-3)12-17(16)23-19/h5-13H,4H2,1-3H3,(H,21,23)/t13-/m1/s1. The van der Waals surface area contributed by atoms with Crippen LogP contribution >= 0.6 is 0 Å². The Morgan fingerprint density at radius 3 is 2.56 bits per heavy atom. The Labute approximate surface area is 147 Å². The highest BCUT2D eigenvalue weighted by atomic mass is 16.5. The van der Waals surface area contributed by atoms with Crippen LogP contribution in [0.1, 0.15) is 30.6 Å². The lowest BCUT2D eigenvalue weighted by atomic mass is 10.1. The van der Waals surface area contributed by atoms with Crippen LogP contribution in [-0.2, 0) is 4.74 Å². The van der Waals surface area contributed by atoms with Crippen LogP contribution in [0.15, 0.2) is 48.5 Å². The SMILES string of the molecule is CC[C@@H](C)Nc1nc2cc(C(=O)OC)ccc2nc1-c1ccccc1. The van der Waals surface area contributed by atoms with E-state index in [1.165, 1.54) is 7.11 Å². The van der Waals surface area contributed by atoms with Crippen molar-refractivity contribution in [3.05, 3.63) is 54.1 Å². The summed E-state index contributed by atoms with van der Waals surface area (Å²) < 4.78 is 4.79. The van der Waals surface area contributed by atoms with Crippen LogP contribution in [0.3, 0.4) is 0 Å². The molecule has 0 aliphatic carbocycles. The summed E-state index contributed by atoms with van der Waals surface area (Å²) >= 11 is 0. The summed E-state index contributed by atoms with van der Waals surface area (Å²) in [5, 5.41) is 3.42. The largest absolute Gasteiger partial charge is 0.465 e. The lowest BCUT2D eigenvalue weighted by Gasteiger charge is -2.16. The van der Waals surface area contributed by atoms with Crippen LogP contribution in [0.4, 0.5) is 5.82 Å². The fraction of sp³-hybridized carbons (Fsp3) is 0.250. The smallest absolute Gasteiger partial charge is 0.337 e. The van der Waals surface area contributed by atoms with Crippen LogP contribution in [0.2, 0.25) is 0 Å². The molecule has 5 heteroatoms. The average molecular weight is 335 g/mol. The van der Waals surface area contributed by atoms with E-state index in [1.807, 2.05) is 30.3 Å². The monoisotopic (exact) mass is 335 g/mol. The normalized spacial score (nSPS) is 12.0. The van der Waals surface area contributed by atoms with Gasteiger partial charge in [-0.2, -0.15) is 0 Å². The van der Waals surface area contributed by atoms with E-state index in [-0.39, 0.29) is 12.0 Å². The molecule has 128 valence electrons. The molecule has 25 heavy (non-hydrogen) atoms. The van der Waals surface area contributed by atoms with Gasteiger partial charge in [-0.1, -0.05) is 37.3 Å². The van der Waals surface area contributed by atoms with E-state index in [9.17, 15) is 4.79 Å². The molecule has 5 nitrogen and oxygen atoms in total.